The van der Waals surface area contributed by atoms with Gasteiger partial charge in [-0.2, -0.15) is 0 Å². The molecule has 132 valence electrons. The average molecular weight is 351 g/mol. The monoisotopic (exact) mass is 351 g/mol. The van der Waals surface area contributed by atoms with Crippen LogP contribution in [0.5, 0.6) is 0 Å². The molecule has 0 aliphatic carbocycles. The second kappa shape index (κ2) is 6.92. The number of nitrogens with zero attached hydrogens (tertiary/aromatic N) is 4. The Morgan fingerprint density at radius 1 is 1.27 bits per heavy atom. The Morgan fingerprint density at radius 3 is 2.65 bits per heavy atom. The summed E-state index contributed by atoms with van der Waals surface area (Å²) in [5.41, 5.74) is 1.66. The van der Waals surface area contributed by atoms with E-state index in [1.54, 1.807) is 22.8 Å². The van der Waals surface area contributed by atoms with E-state index in [0.29, 0.717) is 28.5 Å². The van der Waals surface area contributed by atoms with Crippen LogP contribution in [-0.4, -0.2) is 20.4 Å². The Balaban J connectivity index is 2.15. The standard InChI is InChI=1S/C19H18FN5O/c1-11(2)12(3)18(26)24-19-23-15-7-6-14(21-4)9-16(15)25(19)17-8-5-13(20)10-22-17/h5-12H,1-3H3,(H,23,24,26)/t12-/m0/s1. The van der Waals surface area contributed by atoms with Gasteiger partial charge >= 0.3 is 0 Å². The molecule has 0 unspecified atom stereocenters. The van der Waals surface area contributed by atoms with E-state index in [1.165, 1.54) is 12.1 Å². The number of anilines is 1. The fraction of sp³-hybridized carbons (Fsp3) is 0.263. The molecule has 7 heteroatoms. The SMILES string of the molecule is [C-]#[N+]c1ccc2nc(NC(=O)[C@@H](C)C(C)C)n(-c3ccc(F)cn3)c2c1. The molecule has 2 aromatic heterocycles. The zero-order valence-corrected chi connectivity index (χ0v) is 14.7. The first-order chi connectivity index (χ1) is 12.4. The summed E-state index contributed by atoms with van der Waals surface area (Å²) in [7, 11) is 0. The molecule has 6 nitrogen and oxygen atoms in total. The maximum absolute atomic E-state index is 13.3. The number of carbonyl (C=O) groups is 1. The van der Waals surface area contributed by atoms with E-state index in [-0.39, 0.29) is 17.7 Å². The first-order valence-electron chi connectivity index (χ1n) is 8.23. The van der Waals surface area contributed by atoms with Crippen LogP contribution in [0.3, 0.4) is 0 Å². The molecule has 1 amide bonds. The molecular weight excluding hydrogens is 333 g/mol. The maximum atomic E-state index is 13.3. The van der Waals surface area contributed by atoms with Gasteiger partial charge in [-0.3, -0.25) is 14.7 Å². The molecule has 0 saturated heterocycles. The van der Waals surface area contributed by atoms with E-state index in [0.717, 1.165) is 6.20 Å². The van der Waals surface area contributed by atoms with Crippen molar-refractivity contribution < 1.29 is 9.18 Å². The van der Waals surface area contributed by atoms with Gasteiger partial charge in [0.25, 0.3) is 0 Å². The van der Waals surface area contributed by atoms with Gasteiger partial charge in [0.1, 0.15) is 11.6 Å². The van der Waals surface area contributed by atoms with Gasteiger partial charge in [-0.1, -0.05) is 26.8 Å². The minimum atomic E-state index is -0.459. The van der Waals surface area contributed by atoms with Crippen molar-refractivity contribution >= 4 is 28.6 Å². The van der Waals surface area contributed by atoms with Crippen molar-refractivity contribution in [1.29, 1.82) is 0 Å². The summed E-state index contributed by atoms with van der Waals surface area (Å²) in [4.78, 5) is 24.5. The summed E-state index contributed by atoms with van der Waals surface area (Å²) >= 11 is 0. The van der Waals surface area contributed by atoms with Crippen LogP contribution in [0, 0.1) is 24.2 Å². The number of rotatable bonds is 4. The Kier molecular flexibility index (Phi) is 4.67. The zero-order chi connectivity index (χ0) is 18.8. The van der Waals surface area contributed by atoms with Crippen molar-refractivity contribution in [2.45, 2.75) is 20.8 Å². The van der Waals surface area contributed by atoms with E-state index in [1.807, 2.05) is 20.8 Å². The molecule has 0 aliphatic heterocycles. The third-order valence-electron chi connectivity index (χ3n) is 4.36. The smallest absolute Gasteiger partial charge is 0.229 e. The molecule has 1 N–H and O–H groups in total. The van der Waals surface area contributed by atoms with Gasteiger partial charge in [0.05, 0.1) is 23.8 Å². The molecule has 1 atom stereocenters. The van der Waals surface area contributed by atoms with E-state index in [4.69, 9.17) is 6.57 Å². The first-order valence-corrected chi connectivity index (χ1v) is 8.23. The number of hydrogen-bond acceptors (Lipinski definition) is 3. The topological polar surface area (TPSA) is 64.2 Å². The molecule has 0 aliphatic rings. The normalized spacial score (nSPS) is 12.2. The Hall–Kier alpha value is -3.27. The summed E-state index contributed by atoms with van der Waals surface area (Å²) in [5.74, 6) is 0.0408. The molecule has 3 aromatic rings. The minimum absolute atomic E-state index is 0.163. The van der Waals surface area contributed by atoms with Gasteiger partial charge in [0.15, 0.2) is 5.69 Å². The quantitative estimate of drug-likeness (QED) is 0.711. The summed E-state index contributed by atoms with van der Waals surface area (Å²) < 4.78 is 14.9. The summed E-state index contributed by atoms with van der Waals surface area (Å²) in [5, 5.41) is 2.83. The highest BCUT2D eigenvalue weighted by Gasteiger charge is 2.21. The van der Waals surface area contributed by atoms with Gasteiger partial charge in [-0.25, -0.2) is 19.2 Å². The van der Waals surface area contributed by atoms with Gasteiger partial charge in [0.2, 0.25) is 11.9 Å². The number of aromatic nitrogens is 3. The van der Waals surface area contributed by atoms with Crippen LogP contribution in [0.4, 0.5) is 16.0 Å². The van der Waals surface area contributed by atoms with Crippen molar-refractivity contribution in [1.82, 2.24) is 14.5 Å². The average Bonchev–Trinajstić information content (AvgIpc) is 2.98. The minimum Gasteiger partial charge on any atom is -0.295 e. The molecule has 3 rings (SSSR count). The molecule has 0 saturated carbocycles. The largest absolute Gasteiger partial charge is 0.295 e. The maximum Gasteiger partial charge on any atom is 0.229 e. The highest BCUT2D eigenvalue weighted by molar-refractivity contribution is 5.94. The second-order valence-corrected chi connectivity index (χ2v) is 6.41. The lowest BCUT2D eigenvalue weighted by Gasteiger charge is -2.15. The highest BCUT2D eigenvalue weighted by Crippen LogP contribution is 2.28. The Morgan fingerprint density at radius 2 is 2.04 bits per heavy atom. The third-order valence-corrected chi connectivity index (χ3v) is 4.36. The fourth-order valence-electron chi connectivity index (χ4n) is 2.48. The number of benzene rings is 1. The van der Waals surface area contributed by atoms with Crippen LogP contribution in [0.2, 0.25) is 0 Å². The van der Waals surface area contributed by atoms with Gasteiger partial charge in [0, 0.05) is 5.92 Å². The van der Waals surface area contributed by atoms with E-state index in [9.17, 15) is 9.18 Å². The lowest BCUT2D eigenvalue weighted by atomic mass is 9.97. The molecule has 26 heavy (non-hydrogen) atoms. The van der Waals surface area contributed by atoms with Gasteiger partial charge < -0.3 is 0 Å². The van der Waals surface area contributed by atoms with Crippen molar-refractivity contribution in [3.05, 3.63) is 53.8 Å². The van der Waals surface area contributed by atoms with Crippen molar-refractivity contribution in [2.24, 2.45) is 11.8 Å². The number of imidazole rings is 1. The summed E-state index contributed by atoms with van der Waals surface area (Å²) in [6.07, 6.45) is 1.10. The van der Waals surface area contributed by atoms with E-state index >= 15 is 0 Å². The predicted octanol–water partition coefficient (Wildman–Crippen LogP) is 4.34. The van der Waals surface area contributed by atoms with Crippen molar-refractivity contribution in [3.8, 4) is 5.82 Å². The van der Waals surface area contributed by atoms with Gasteiger partial charge in [-0.15, -0.1) is 0 Å². The number of hydrogen-bond donors (Lipinski definition) is 1. The summed E-state index contributed by atoms with van der Waals surface area (Å²) in [6, 6.07) is 7.83. The van der Waals surface area contributed by atoms with Crippen molar-refractivity contribution in [3.63, 3.8) is 0 Å². The number of pyridine rings is 1. The molecule has 1 aromatic carbocycles. The first kappa shape index (κ1) is 17.5. The number of fused-ring (bicyclic) bond motifs is 1. The fourth-order valence-corrected chi connectivity index (χ4v) is 2.48. The summed E-state index contributed by atoms with van der Waals surface area (Å²) in [6.45, 7) is 13.0. The predicted molar refractivity (Wildman–Crippen MR) is 97.7 cm³/mol. The lowest BCUT2D eigenvalue weighted by molar-refractivity contribution is -0.120. The van der Waals surface area contributed by atoms with Crippen LogP contribution in [0.1, 0.15) is 20.8 Å². The lowest BCUT2D eigenvalue weighted by Crippen LogP contribution is -2.25. The Bertz CT molecular complexity index is 1000. The van der Waals surface area contributed by atoms with Crippen LogP contribution < -0.4 is 5.32 Å². The number of amides is 1. The molecule has 0 radical (unpaired) electrons. The highest BCUT2D eigenvalue weighted by atomic mass is 19.1. The molecule has 0 spiro atoms. The Labute approximate surface area is 150 Å². The number of carbonyl (C=O) groups excluding carboxylic acids is 1. The van der Waals surface area contributed by atoms with E-state index in [2.05, 4.69) is 20.1 Å². The van der Waals surface area contributed by atoms with Crippen LogP contribution >= 0.6 is 0 Å². The molecule has 0 bridgehead atoms. The van der Waals surface area contributed by atoms with Crippen molar-refractivity contribution in [2.75, 3.05) is 5.32 Å². The zero-order valence-electron chi connectivity index (χ0n) is 14.7. The van der Waals surface area contributed by atoms with E-state index < -0.39 is 5.82 Å². The van der Waals surface area contributed by atoms with Gasteiger partial charge in [-0.05, 0) is 30.2 Å². The third kappa shape index (κ3) is 3.26. The van der Waals surface area contributed by atoms with Crippen LogP contribution in [0.15, 0.2) is 36.5 Å². The number of halogens is 1. The van der Waals surface area contributed by atoms with Crippen LogP contribution in [-0.2, 0) is 4.79 Å². The second-order valence-electron chi connectivity index (χ2n) is 6.41. The molecular formula is C19H18FN5O. The number of nitrogens with one attached hydrogen (secondary N) is 1. The molecule has 2 heterocycles. The molecule has 0 fully saturated rings. The van der Waals surface area contributed by atoms with Crippen LogP contribution in [0.25, 0.3) is 21.7 Å².